The molecule has 0 aliphatic rings. The number of nitrogens with zero attached hydrogens (tertiary/aromatic N) is 1. The molecule has 0 aliphatic heterocycles. The summed E-state index contributed by atoms with van der Waals surface area (Å²) in [5.74, 6) is 1.42. The molecule has 0 saturated heterocycles. The van der Waals surface area contributed by atoms with Crippen LogP contribution in [0.3, 0.4) is 0 Å². The number of aryl methyl sites for hydroxylation is 1. The lowest BCUT2D eigenvalue weighted by Crippen LogP contribution is -2.33. The van der Waals surface area contributed by atoms with Crippen LogP contribution in [0, 0.1) is 6.92 Å². The van der Waals surface area contributed by atoms with Crippen LogP contribution < -0.4 is 9.47 Å². The van der Waals surface area contributed by atoms with E-state index in [1.807, 2.05) is 41.3 Å². The number of hydrogen-bond acceptors (Lipinski definition) is 4. The Hall–Kier alpha value is -2.79. The molecule has 0 bridgehead atoms. The van der Waals surface area contributed by atoms with E-state index < -0.39 is 0 Å². The van der Waals surface area contributed by atoms with Crippen LogP contribution in [0.15, 0.2) is 60.7 Å². The maximum absolute atomic E-state index is 13.2. The van der Waals surface area contributed by atoms with Gasteiger partial charge in [0.2, 0.25) is 5.91 Å². The molecule has 0 aliphatic carbocycles. The van der Waals surface area contributed by atoms with E-state index in [9.17, 15) is 4.79 Å². The Morgan fingerprint density at radius 1 is 0.931 bits per heavy atom. The number of ether oxygens (including phenoxy) is 2. The van der Waals surface area contributed by atoms with E-state index in [0.717, 1.165) is 12.0 Å². The first-order valence-electron chi connectivity index (χ1n) is 9.67. The summed E-state index contributed by atoms with van der Waals surface area (Å²) in [4.78, 5) is 17.6. The normalized spacial score (nSPS) is 10.6. The van der Waals surface area contributed by atoms with Crippen LogP contribution in [0.4, 0.5) is 0 Å². The fraction of sp³-hybridized carbons (Fsp3) is 0.292. The van der Waals surface area contributed by atoms with Crippen molar-refractivity contribution in [3.05, 3.63) is 81.5 Å². The second kappa shape index (κ2) is 10.1. The second-order valence-electron chi connectivity index (χ2n) is 6.93. The largest absolute Gasteiger partial charge is 0.493 e. The number of carbonyl (C=O) groups is 1. The summed E-state index contributed by atoms with van der Waals surface area (Å²) >= 11 is 1.74. The van der Waals surface area contributed by atoms with Crippen LogP contribution in [0.25, 0.3) is 0 Å². The molecule has 0 radical (unpaired) electrons. The van der Waals surface area contributed by atoms with Gasteiger partial charge in [-0.2, -0.15) is 0 Å². The van der Waals surface area contributed by atoms with Gasteiger partial charge in [0.15, 0.2) is 11.5 Å². The van der Waals surface area contributed by atoms with E-state index in [1.54, 1.807) is 25.6 Å². The van der Waals surface area contributed by atoms with E-state index in [2.05, 4.69) is 31.2 Å². The summed E-state index contributed by atoms with van der Waals surface area (Å²) in [6, 6.07) is 20.1. The molecule has 0 spiro atoms. The first-order valence-corrected chi connectivity index (χ1v) is 10.5. The molecule has 29 heavy (non-hydrogen) atoms. The molecule has 0 fully saturated rings. The van der Waals surface area contributed by atoms with Crippen molar-refractivity contribution in [2.45, 2.75) is 26.3 Å². The molecule has 0 N–H and O–H groups in total. The van der Waals surface area contributed by atoms with Gasteiger partial charge in [-0.3, -0.25) is 4.79 Å². The van der Waals surface area contributed by atoms with Gasteiger partial charge in [-0.25, -0.2) is 0 Å². The number of amides is 1. The molecule has 1 heterocycles. The maximum Gasteiger partial charge on any atom is 0.227 e. The smallest absolute Gasteiger partial charge is 0.227 e. The Morgan fingerprint density at radius 2 is 1.69 bits per heavy atom. The standard InChI is InChI=1S/C24H27NO3S/c1-18-9-11-21(29-18)17-25(14-13-19-7-5-4-6-8-19)24(26)16-20-10-12-22(27-2)23(15-20)28-3/h4-12,15H,13-14,16-17H2,1-3H3. The van der Waals surface area contributed by atoms with Crippen LogP contribution in [0.1, 0.15) is 20.9 Å². The van der Waals surface area contributed by atoms with E-state index in [1.165, 1.54) is 15.3 Å². The van der Waals surface area contributed by atoms with E-state index in [-0.39, 0.29) is 5.91 Å². The molecule has 0 saturated carbocycles. The second-order valence-corrected chi connectivity index (χ2v) is 8.30. The molecule has 152 valence electrons. The predicted octanol–water partition coefficient (Wildman–Crippen LogP) is 4.89. The Kier molecular flexibility index (Phi) is 7.30. The van der Waals surface area contributed by atoms with Crippen LogP contribution in [0.2, 0.25) is 0 Å². The van der Waals surface area contributed by atoms with Crippen molar-refractivity contribution in [1.82, 2.24) is 4.90 Å². The molecule has 1 aromatic heterocycles. The molecule has 0 atom stereocenters. The van der Waals surface area contributed by atoms with Crippen LogP contribution >= 0.6 is 11.3 Å². The minimum absolute atomic E-state index is 0.110. The fourth-order valence-corrected chi connectivity index (χ4v) is 4.14. The van der Waals surface area contributed by atoms with Crippen molar-refractivity contribution in [3.63, 3.8) is 0 Å². The lowest BCUT2D eigenvalue weighted by molar-refractivity contribution is -0.131. The number of hydrogen-bond donors (Lipinski definition) is 0. The van der Waals surface area contributed by atoms with Gasteiger partial charge in [-0.05, 0) is 48.7 Å². The van der Waals surface area contributed by atoms with Gasteiger partial charge in [0.05, 0.1) is 27.2 Å². The third kappa shape index (κ3) is 5.84. The topological polar surface area (TPSA) is 38.8 Å². The lowest BCUT2D eigenvalue weighted by atomic mass is 10.1. The van der Waals surface area contributed by atoms with Crippen LogP contribution in [-0.4, -0.2) is 31.6 Å². The Labute approximate surface area is 176 Å². The summed E-state index contributed by atoms with van der Waals surface area (Å²) in [6.07, 6.45) is 1.17. The van der Waals surface area contributed by atoms with Gasteiger partial charge in [-0.1, -0.05) is 36.4 Å². The van der Waals surface area contributed by atoms with Crippen molar-refractivity contribution in [2.24, 2.45) is 0 Å². The zero-order chi connectivity index (χ0) is 20.6. The SMILES string of the molecule is COc1ccc(CC(=O)N(CCc2ccccc2)Cc2ccc(C)s2)cc1OC. The van der Waals surface area contributed by atoms with Crippen molar-refractivity contribution in [3.8, 4) is 11.5 Å². The Bertz CT molecular complexity index is 936. The van der Waals surface area contributed by atoms with E-state index in [4.69, 9.17) is 9.47 Å². The minimum Gasteiger partial charge on any atom is -0.493 e. The van der Waals surface area contributed by atoms with Crippen molar-refractivity contribution in [1.29, 1.82) is 0 Å². The Balaban J connectivity index is 1.74. The molecule has 3 rings (SSSR count). The number of rotatable bonds is 9. The molecular weight excluding hydrogens is 382 g/mol. The predicted molar refractivity (Wildman–Crippen MR) is 118 cm³/mol. The highest BCUT2D eigenvalue weighted by molar-refractivity contribution is 7.11. The number of methoxy groups -OCH3 is 2. The number of carbonyl (C=O) groups excluding carboxylic acids is 1. The van der Waals surface area contributed by atoms with Gasteiger partial charge < -0.3 is 14.4 Å². The summed E-state index contributed by atoms with van der Waals surface area (Å²) < 4.78 is 10.7. The molecular formula is C24H27NO3S. The summed E-state index contributed by atoms with van der Waals surface area (Å²) in [5, 5.41) is 0. The number of thiophene rings is 1. The summed E-state index contributed by atoms with van der Waals surface area (Å²) in [6.45, 7) is 3.42. The Morgan fingerprint density at radius 3 is 2.34 bits per heavy atom. The molecule has 2 aromatic carbocycles. The fourth-order valence-electron chi connectivity index (χ4n) is 3.24. The van der Waals surface area contributed by atoms with Crippen LogP contribution in [0.5, 0.6) is 11.5 Å². The average Bonchev–Trinajstić information content (AvgIpc) is 3.16. The summed E-state index contributed by atoms with van der Waals surface area (Å²) in [7, 11) is 3.21. The van der Waals surface area contributed by atoms with Crippen molar-refractivity contribution >= 4 is 17.2 Å². The average molecular weight is 410 g/mol. The third-order valence-corrected chi connectivity index (χ3v) is 5.80. The molecule has 5 heteroatoms. The first kappa shape index (κ1) is 20.9. The van der Waals surface area contributed by atoms with Crippen molar-refractivity contribution in [2.75, 3.05) is 20.8 Å². The highest BCUT2D eigenvalue weighted by Crippen LogP contribution is 2.28. The number of benzene rings is 2. The van der Waals surface area contributed by atoms with E-state index >= 15 is 0 Å². The molecule has 4 nitrogen and oxygen atoms in total. The lowest BCUT2D eigenvalue weighted by Gasteiger charge is -2.23. The maximum atomic E-state index is 13.2. The quantitative estimate of drug-likeness (QED) is 0.505. The zero-order valence-corrected chi connectivity index (χ0v) is 18.0. The van der Waals surface area contributed by atoms with Crippen molar-refractivity contribution < 1.29 is 14.3 Å². The molecule has 0 unspecified atom stereocenters. The minimum atomic E-state index is 0.110. The zero-order valence-electron chi connectivity index (χ0n) is 17.2. The van der Waals surface area contributed by atoms with Gasteiger partial charge in [-0.15, -0.1) is 11.3 Å². The van der Waals surface area contributed by atoms with Gasteiger partial charge >= 0.3 is 0 Å². The van der Waals surface area contributed by atoms with Gasteiger partial charge in [0.1, 0.15) is 0 Å². The highest BCUT2D eigenvalue weighted by atomic mass is 32.1. The molecule has 3 aromatic rings. The molecule has 1 amide bonds. The van der Waals surface area contributed by atoms with Gasteiger partial charge in [0, 0.05) is 16.3 Å². The van der Waals surface area contributed by atoms with Crippen LogP contribution in [-0.2, 0) is 24.2 Å². The van der Waals surface area contributed by atoms with Gasteiger partial charge in [0.25, 0.3) is 0 Å². The summed E-state index contributed by atoms with van der Waals surface area (Å²) in [5.41, 5.74) is 2.15. The third-order valence-electron chi connectivity index (χ3n) is 4.81. The highest BCUT2D eigenvalue weighted by Gasteiger charge is 2.17. The van der Waals surface area contributed by atoms with E-state index in [0.29, 0.717) is 31.0 Å². The first-order chi connectivity index (χ1) is 14.1. The monoisotopic (exact) mass is 409 g/mol.